The summed E-state index contributed by atoms with van der Waals surface area (Å²) >= 11 is 0. The number of carbonyl (C=O) groups excluding carboxylic acids is 1. The van der Waals surface area contributed by atoms with Gasteiger partial charge in [0.15, 0.2) is 6.10 Å². The van der Waals surface area contributed by atoms with Gasteiger partial charge < -0.3 is 19.9 Å². The normalized spacial score (nSPS) is 11.6. The number of benzene rings is 4. The minimum atomic E-state index is -0.963. The molecule has 6 nitrogen and oxygen atoms in total. The van der Waals surface area contributed by atoms with E-state index in [1.807, 2.05) is 109 Å². The van der Waals surface area contributed by atoms with Crippen molar-refractivity contribution < 1.29 is 24.2 Å². The first kappa shape index (κ1) is 27.6. The molecular formula is C33H33NO5. The summed E-state index contributed by atoms with van der Waals surface area (Å²) < 4.78 is 11.2. The molecule has 0 saturated heterocycles. The smallest absolute Gasteiger partial charge is 0.333 e. The van der Waals surface area contributed by atoms with Crippen LogP contribution in [0.5, 0.6) is 5.75 Å². The predicted molar refractivity (Wildman–Crippen MR) is 152 cm³/mol. The van der Waals surface area contributed by atoms with E-state index < -0.39 is 18.0 Å². The van der Waals surface area contributed by atoms with Crippen molar-refractivity contribution in [2.45, 2.75) is 31.8 Å². The minimum absolute atomic E-state index is 0.0807. The molecule has 0 heterocycles. The van der Waals surface area contributed by atoms with Crippen molar-refractivity contribution in [3.05, 3.63) is 131 Å². The third kappa shape index (κ3) is 8.03. The highest BCUT2D eigenvalue weighted by molar-refractivity contribution is 5.98. The maximum absolute atomic E-state index is 13.3. The van der Waals surface area contributed by atoms with E-state index in [-0.39, 0.29) is 5.91 Å². The number of hydrogen-bond acceptors (Lipinski definition) is 4. The van der Waals surface area contributed by atoms with Crippen molar-refractivity contribution in [3.63, 3.8) is 0 Å². The Bertz CT molecular complexity index is 1280. The molecule has 0 aliphatic rings. The molecule has 39 heavy (non-hydrogen) atoms. The van der Waals surface area contributed by atoms with E-state index in [0.29, 0.717) is 26.1 Å². The molecular weight excluding hydrogens is 490 g/mol. The number of rotatable bonds is 13. The average molecular weight is 524 g/mol. The number of ether oxygens (including phenoxy) is 2. The van der Waals surface area contributed by atoms with Gasteiger partial charge in [-0.2, -0.15) is 0 Å². The number of carboxylic acids is 1. The molecule has 4 aromatic carbocycles. The number of carboxylic acid groups (broad SMARTS) is 1. The largest absolute Gasteiger partial charge is 0.493 e. The standard InChI is InChI=1S/C33H33NO5/c1-2-38-30(33(36)37)23-25-15-19-29(20-16-25)39-22-21-24-13-17-28(18-14-24)34-32(35)31(26-9-5-3-6-10-26)27-11-7-4-8-12-27/h3-20,30-31H,2,21-23H2,1H3,(H,34,35)(H,36,37). The van der Waals surface area contributed by atoms with Gasteiger partial charge in [0.2, 0.25) is 5.91 Å². The van der Waals surface area contributed by atoms with E-state index in [2.05, 4.69) is 5.32 Å². The summed E-state index contributed by atoms with van der Waals surface area (Å²) in [5, 5.41) is 12.3. The zero-order valence-corrected chi connectivity index (χ0v) is 22.0. The fourth-order valence-electron chi connectivity index (χ4n) is 4.40. The number of aliphatic carboxylic acids is 1. The van der Waals surface area contributed by atoms with Crippen LogP contribution in [-0.2, 0) is 27.2 Å². The van der Waals surface area contributed by atoms with Gasteiger partial charge in [-0.05, 0) is 53.4 Å². The van der Waals surface area contributed by atoms with E-state index >= 15 is 0 Å². The van der Waals surface area contributed by atoms with Gasteiger partial charge in [-0.25, -0.2) is 4.79 Å². The summed E-state index contributed by atoms with van der Waals surface area (Å²) in [5.74, 6) is -0.724. The number of nitrogens with one attached hydrogen (secondary N) is 1. The maximum Gasteiger partial charge on any atom is 0.333 e. The SMILES string of the molecule is CCOC(Cc1ccc(OCCc2ccc(NC(=O)C(c3ccccc3)c3ccccc3)cc2)cc1)C(=O)O. The fraction of sp³-hybridized carbons (Fsp3) is 0.212. The second kappa shape index (κ2) is 13.9. The summed E-state index contributed by atoms with van der Waals surface area (Å²) in [6, 6.07) is 34.8. The minimum Gasteiger partial charge on any atom is -0.493 e. The lowest BCUT2D eigenvalue weighted by molar-refractivity contribution is -0.149. The van der Waals surface area contributed by atoms with Crippen molar-refractivity contribution in [3.8, 4) is 5.75 Å². The van der Waals surface area contributed by atoms with Crippen LogP contribution in [0.2, 0.25) is 0 Å². The maximum atomic E-state index is 13.3. The predicted octanol–water partition coefficient (Wildman–Crippen LogP) is 6.11. The zero-order chi connectivity index (χ0) is 27.5. The highest BCUT2D eigenvalue weighted by Gasteiger charge is 2.22. The third-order valence-corrected chi connectivity index (χ3v) is 6.40. The lowest BCUT2D eigenvalue weighted by Gasteiger charge is -2.18. The van der Waals surface area contributed by atoms with Crippen LogP contribution in [0, 0.1) is 0 Å². The van der Waals surface area contributed by atoms with Gasteiger partial charge in [0, 0.05) is 25.1 Å². The van der Waals surface area contributed by atoms with Crippen molar-refractivity contribution in [2.75, 3.05) is 18.5 Å². The van der Waals surface area contributed by atoms with E-state index in [1.54, 1.807) is 6.92 Å². The van der Waals surface area contributed by atoms with Crippen molar-refractivity contribution >= 4 is 17.6 Å². The van der Waals surface area contributed by atoms with E-state index in [9.17, 15) is 14.7 Å². The van der Waals surface area contributed by atoms with Crippen LogP contribution in [-0.4, -0.2) is 36.3 Å². The Balaban J connectivity index is 1.30. The highest BCUT2D eigenvalue weighted by atomic mass is 16.5. The average Bonchev–Trinajstić information content (AvgIpc) is 2.96. The van der Waals surface area contributed by atoms with Crippen LogP contribution >= 0.6 is 0 Å². The van der Waals surface area contributed by atoms with Gasteiger partial charge in [-0.15, -0.1) is 0 Å². The van der Waals surface area contributed by atoms with E-state index in [0.717, 1.165) is 33.7 Å². The summed E-state index contributed by atoms with van der Waals surface area (Å²) in [6.07, 6.45) is 0.166. The number of carbonyl (C=O) groups is 2. The van der Waals surface area contributed by atoms with Crippen molar-refractivity contribution in [1.29, 1.82) is 0 Å². The molecule has 0 bridgehead atoms. The molecule has 1 unspecified atom stereocenters. The van der Waals surface area contributed by atoms with Crippen molar-refractivity contribution in [2.24, 2.45) is 0 Å². The van der Waals surface area contributed by atoms with Gasteiger partial charge in [-0.3, -0.25) is 4.79 Å². The molecule has 0 radical (unpaired) electrons. The van der Waals surface area contributed by atoms with Crippen LogP contribution in [0.4, 0.5) is 5.69 Å². The molecule has 4 aromatic rings. The molecule has 200 valence electrons. The summed E-state index contributed by atoms with van der Waals surface area (Å²) in [6.45, 7) is 2.63. The molecule has 6 heteroatoms. The van der Waals surface area contributed by atoms with Crippen LogP contribution in [0.15, 0.2) is 109 Å². The first-order chi connectivity index (χ1) is 19.0. The zero-order valence-electron chi connectivity index (χ0n) is 22.0. The summed E-state index contributed by atoms with van der Waals surface area (Å²) in [4.78, 5) is 24.6. The Kier molecular flexibility index (Phi) is 9.86. The first-order valence-electron chi connectivity index (χ1n) is 13.1. The van der Waals surface area contributed by atoms with Gasteiger partial charge in [0.1, 0.15) is 5.75 Å². The number of hydrogen-bond donors (Lipinski definition) is 2. The lowest BCUT2D eigenvalue weighted by Crippen LogP contribution is -2.26. The highest BCUT2D eigenvalue weighted by Crippen LogP contribution is 2.26. The third-order valence-electron chi connectivity index (χ3n) is 6.40. The van der Waals surface area contributed by atoms with Gasteiger partial charge >= 0.3 is 5.97 Å². The second-order valence-corrected chi connectivity index (χ2v) is 9.17. The quantitative estimate of drug-likeness (QED) is 0.221. The molecule has 0 aliphatic heterocycles. The van der Waals surface area contributed by atoms with E-state index in [4.69, 9.17) is 9.47 Å². The summed E-state index contributed by atoms with van der Waals surface area (Å²) in [7, 11) is 0. The molecule has 1 atom stereocenters. The molecule has 0 spiro atoms. The van der Waals surface area contributed by atoms with Gasteiger partial charge in [0.25, 0.3) is 0 Å². The van der Waals surface area contributed by atoms with Gasteiger partial charge in [-0.1, -0.05) is 84.9 Å². The Morgan fingerprint density at radius 3 is 1.87 bits per heavy atom. The monoisotopic (exact) mass is 523 g/mol. The summed E-state index contributed by atoms with van der Waals surface area (Å²) in [5.41, 5.74) is 4.60. The first-order valence-corrected chi connectivity index (χ1v) is 13.1. The fourth-order valence-corrected chi connectivity index (χ4v) is 4.40. The van der Waals surface area contributed by atoms with Gasteiger partial charge in [0.05, 0.1) is 12.5 Å². The molecule has 0 saturated carbocycles. The Labute approximate surface area is 229 Å². The Morgan fingerprint density at radius 2 is 1.33 bits per heavy atom. The van der Waals surface area contributed by atoms with Crippen molar-refractivity contribution in [1.82, 2.24) is 0 Å². The van der Waals surface area contributed by atoms with Crippen LogP contribution in [0.25, 0.3) is 0 Å². The Morgan fingerprint density at radius 1 is 0.769 bits per heavy atom. The van der Waals surface area contributed by atoms with Crippen LogP contribution in [0.3, 0.4) is 0 Å². The second-order valence-electron chi connectivity index (χ2n) is 9.17. The van der Waals surface area contributed by atoms with E-state index in [1.165, 1.54) is 0 Å². The van der Waals surface area contributed by atoms with Crippen LogP contribution in [0.1, 0.15) is 35.1 Å². The molecule has 0 aliphatic carbocycles. The number of anilines is 1. The lowest BCUT2D eigenvalue weighted by atomic mass is 9.90. The molecule has 4 rings (SSSR count). The molecule has 2 N–H and O–H groups in total. The molecule has 1 amide bonds. The molecule has 0 fully saturated rings. The number of amides is 1. The molecule has 0 aromatic heterocycles. The Hall–Kier alpha value is -4.42. The topological polar surface area (TPSA) is 84.9 Å². The van der Waals surface area contributed by atoms with Crippen LogP contribution < -0.4 is 10.1 Å².